The van der Waals surface area contributed by atoms with Gasteiger partial charge in [-0.05, 0) is 0 Å². The van der Waals surface area contributed by atoms with E-state index in [2.05, 4.69) is 0 Å². The van der Waals surface area contributed by atoms with Crippen molar-refractivity contribution in [2.45, 2.75) is 0 Å². The topological polar surface area (TPSA) is 0 Å². The summed E-state index contributed by atoms with van der Waals surface area (Å²) in [6.45, 7) is 0. The Labute approximate surface area is 112 Å². The first-order chi connectivity index (χ1) is 0. The van der Waals surface area contributed by atoms with Gasteiger partial charge >= 0.3 is 0 Å². The summed E-state index contributed by atoms with van der Waals surface area (Å²) >= 11 is 0. The summed E-state index contributed by atoms with van der Waals surface area (Å²) < 4.78 is 0. The van der Waals surface area contributed by atoms with Crippen LogP contribution in [0.25, 0.3) is 0 Å². The van der Waals surface area contributed by atoms with Crippen LogP contribution in [-0.2, 0) is 87.7 Å². The van der Waals surface area contributed by atoms with Crippen LogP contribution in [-0.4, -0.2) is 27.3 Å². The second kappa shape index (κ2) is 25.0. The van der Waals surface area contributed by atoms with E-state index < -0.39 is 0 Å². The Hall–Kier alpha value is 3.79. The van der Waals surface area contributed by atoms with E-state index in [1.165, 1.54) is 0 Å². The van der Waals surface area contributed by atoms with E-state index in [-0.39, 0.29) is 115 Å². The van der Waals surface area contributed by atoms with Gasteiger partial charge in [0.25, 0.3) is 0 Å². The first kappa shape index (κ1) is 37.1. The van der Waals surface area contributed by atoms with Crippen LogP contribution in [0.1, 0.15) is 0 Å². The zero-order valence-electron chi connectivity index (χ0n) is 2.35. The molecule has 0 aliphatic heterocycles. The zero-order valence-corrected chi connectivity index (χ0v) is 13.6. The van der Waals surface area contributed by atoms with Crippen LogP contribution < -0.4 is 0 Å². The molecule has 0 aromatic carbocycles. The molecule has 0 unspecified atom stereocenters. The molecule has 5 heavy (non-hydrogen) atoms. The van der Waals surface area contributed by atoms with Crippen molar-refractivity contribution in [2.75, 3.05) is 0 Å². The van der Waals surface area contributed by atoms with Gasteiger partial charge in [0.05, 0.1) is 0 Å². The van der Waals surface area contributed by atoms with E-state index in [9.17, 15) is 0 Å². The molecule has 0 saturated heterocycles. The summed E-state index contributed by atoms with van der Waals surface area (Å²) in [5.41, 5.74) is 0. The molecule has 0 atom stereocenters. The molecule has 0 saturated carbocycles. The number of hydrogen-bond acceptors (Lipinski definition) is 0. The van der Waals surface area contributed by atoms with Crippen molar-refractivity contribution in [3.63, 3.8) is 0 Å². The summed E-state index contributed by atoms with van der Waals surface area (Å²) in [4.78, 5) is 0. The third kappa shape index (κ3) is 18.2. The molecule has 0 rings (SSSR count). The van der Waals surface area contributed by atoms with Gasteiger partial charge in [0.1, 0.15) is 0 Å². The fourth-order valence-corrected chi connectivity index (χ4v) is 0. The van der Waals surface area contributed by atoms with Crippen LogP contribution in [0.5, 0.6) is 0 Å². The van der Waals surface area contributed by atoms with Gasteiger partial charge in [-0.2, -0.15) is 0 Å². The van der Waals surface area contributed by atoms with Gasteiger partial charge in [-0.1, -0.05) is 0 Å². The predicted octanol–water partition coefficient (Wildman–Crippen LogP) is -0.391. The fourth-order valence-electron chi connectivity index (χ4n) is 0. The Balaban J connectivity index is 0. The van der Waals surface area contributed by atoms with Crippen LogP contribution >= 0.6 is 0 Å². The van der Waals surface area contributed by atoms with E-state index >= 15 is 0 Å². The average molecular weight is 493 g/mol. The average Bonchev–Trinajstić information content (AvgIpc) is 0. The molecule has 0 aliphatic rings. The molecule has 0 spiro atoms. The first-order valence-electron chi connectivity index (χ1n) is 0. The van der Waals surface area contributed by atoms with Crippen LogP contribution in [0.4, 0.5) is 0 Å². The standard InChI is InChI=1S/Mn.2Nb.Pb.Sc. The molecule has 8 radical (unpaired) electrons. The third-order valence-electron chi connectivity index (χ3n) is 0. The van der Waals surface area contributed by atoms with Crippen LogP contribution in [0, 0.1) is 0 Å². The van der Waals surface area contributed by atoms with Crippen LogP contribution in [0.2, 0.25) is 0 Å². The van der Waals surface area contributed by atoms with Gasteiger partial charge in [0.2, 0.25) is 0 Å². The summed E-state index contributed by atoms with van der Waals surface area (Å²) in [6, 6.07) is 0. The monoisotopic (exact) mass is 494 g/mol. The Morgan fingerprint density at radius 3 is 0.800 bits per heavy atom. The van der Waals surface area contributed by atoms with Crippen molar-refractivity contribution in [3.05, 3.63) is 0 Å². The Morgan fingerprint density at radius 1 is 0.800 bits per heavy atom. The van der Waals surface area contributed by atoms with E-state index in [0.717, 1.165) is 0 Å². The summed E-state index contributed by atoms with van der Waals surface area (Å²) in [7, 11) is 0. The Kier molecular flexibility index (Phi) is 186. The molecule has 24 valence electrons. The van der Waals surface area contributed by atoms with Gasteiger partial charge in [0.15, 0.2) is 0 Å². The smallest absolute Gasteiger partial charge is 0 e. The second-order valence-electron chi connectivity index (χ2n) is 0. The molecule has 0 aromatic heterocycles. The van der Waals surface area contributed by atoms with Gasteiger partial charge in [-0.25, -0.2) is 0 Å². The molecule has 5 heteroatoms. The Bertz CT molecular complexity index is 9.61. The van der Waals surface area contributed by atoms with Crippen molar-refractivity contribution in [3.8, 4) is 0 Å². The first-order valence-corrected chi connectivity index (χ1v) is 0. The van der Waals surface area contributed by atoms with Gasteiger partial charge in [-0.3, -0.25) is 0 Å². The summed E-state index contributed by atoms with van der Waals surface area (Å²) in [6.07, 6.45) is 0. The molecule has 0 bridgehead atoms. The fraction of sp³-hybridized carbons (Fsp3) is 0. The van der Waals surface area contributed by atoms with Crippen LogP contribution in [0.3, 0.4) is 0 Å². The second-order valence-corrected chi connectivity index (χ2v) is 0. The normalized spacial score (nSPS) is 0. The molecular formula is MnNb2PbSc. The van der Waals surface area contributed by atoms with Gasteiger partial charge in [-0.15, -0.1) is 0 Å². The van der Waals surface area contributed by atoms with Gasteiger partial charge < -0.3 is 0 Å². The predicted molar refractivity (Wildman–Crippen MR) is 5.75 cm³/mol. The maximum absolute atomic E-state index is 0. The van der Waals surface area contributed by atoms with E-state index in [0.29, 0.717) is 0 Å². The molecule has 0 amide bonds. The SMILES string of the molecule is [Mn].[Nb].[Nb].[Pb].[Sc]. The van der Waals surface area contributed by atoms with Crippen molar-refractivity contribution < 1.29 is 87.7 Å². The Morgan fingerprint density at radius 2 is 0.800 bits per heavy atom. The van der Waals surface area contributed by atoms with E-state index in [4.69, 9.17) is 0 Å². The molecule has 0 heterocycles. The van der Waals surface area contributed by atoms with Crippen LogP contribution in [0.15, 0.2) is 0 Å². The van der Waals surface area contributed by atoms with Crippen molar-refractivity contribution in [2.24, 2.45) is 0 Å². The molecule has 0 fully saturated rings. The van der Waals surface area contributed by atoms with Gasteiger partial charge in [0, 0.05) is 115 Å². The quantitative estimate of drug-likeness (QED) is 0.404. The molecule has 0 nitrogen and oxygen atoms in total. The third-order valence-corrected chi connectivity index (χ3v) is 0. The maximum atomic E-state index is 0. The molecule has 0 aromatic rings. The van der Waals surface area contributed by atoms with E-state index in [1.54, 1.807) is 0 Å². The van der Waals surface area contributed by atoms with Crippen molar-refractivity contribution >= 4 is 27.3 Å². The van der Waals surface area contributed by atoms with Crippen molar-refractivity contribution in [1.29, 1.82) is 0 Å². The minimum absolute atomic E-state index is 0. The minimum Gasteiger partial charge on any atom is 0 e. The molecular weight excluding hydrogens is 493 g/mol. The maximum Gasteiger partial charge on any atom is 0 e. The molecule has 0 N–H and O–H groups in total. The number of rotatable bonds is 0. The number of hydrogen-bond donors (Lipinski definition) is 0. The summed E-state index contributed by atoms with van der Waals surface area (Å²) in [5.74, 6) is 0. The van der Waals surface area contributed by atoms with Crippen molar-refractivity contribution in [1.82, 2.24) is 0 Å². The summed E-state index contributed by atoms with van der Waals surface area (Å²) in [5, 5.41) is 0. The minimum atomic E-state index is 0. The zero-order chi connectivity index (χ0) is 0. The van der Waals surface area contributed by atoms with E-state index in [1.807, 2.05) is 0 Å². The molecule has 0 aliphatic carbocycles. The largest absolute Gasteiger partial charge is 0 e.